The lowest BCUT2D eigenvalue weighted by Crippen LogP contribution is -2.46. The first-order valence-electron chi connectivity index (χ1n) is 11.2. The highest BCUT2D eigenvalue weighted by Gasteiger charge is 2.34. The first-order chi connectivity index (χ1) is 16.9. The highest BCUT2D eigenvalue weighted by molar-refractivity contribution is 7.80. The lowest BCUT2D eigenvalue weighted by Gasteiger charge is -2.37. The molecule has 4 aromatic rings. The fraction of sp³-hybridized carbons (Fsp3) is 0.148. The quantitative estimate of drug-likeness (QED) is 0.326. The van der Waals surface area contributed by atoms with Crippen LogP contribution in [0.4, 0.5) is 14.5 Å². The van der Waals surface area contributed by atoms with E-state index in [0.29, 0.717) is 33.7 Å². The van der Waals surface area contributed by atoms with Gasteiger partial charge in [0.05, 0.1) is 17.3 Å². The first-order valence-corrected chi connectivity index (χ1v) is 11.6. The van der Waals surface area contributed by atoms with Crippen molar-refractivity contribution in [2.75, 3.05) is 4.90 Å². The number of allylic oxidation sites excluding steroid dienone is 1. The molecule has 0 spiro atoms. The second kappa shape index (κ2) is 9.38. The number of nitrogens with zero attached hydrogens (tertiary/aromatic N) is 3. The van der Waals surface area contributed by atoms with Gasteiger partial charge in [-0.1, -0.05) is 42.4 Å². The third-order valence-electron chi connectivity index (χ3n) is 6.03. The summed E-state index contributed by atoms with van der Waals surface area (Å²) >= 11 is 5.71. The Morgan fingerprint density at radius 2 is 1.74 bits per heavy atom. The molecule has 1 aliphatic rings. The third kappa shape index (κ3) is 4.44. The van der Waals surface area contributed by atoms with E-state index in [0.717, 1.165) is 17.7 Å². The summed E-state index contributed by atoms with van der Waals surface area (Å²) < 4.78 is 33.1. The number of hydrogen-bond acceptors (Lipinski definition) is 4. The Bertz CT molecular complexity index is 1410. The molecule has 0 amide bonds. The molecule has 0 saturated heterocycles. The van der Waals surface area contributed by atoms with Gasteiger partial charge in [-0.25, -0.2) is 8.78 Å². The average Bonchev–Trinajstić information content (AvgIpc) is 3.34. The SMILES string of the molecule is CCc1ccc(C2NC(=S)N(c3cccc(F)c3)C(C)=C2c2nc(-c3ccc(F)cc3)no2)cc1. The molecule has 1 unspecified atom stereocenters. The maximum atomic E-state index is 14.1. The normalized spacial score (nSPS) is 15.9. The molecule has 0 radical (unpaired) electrons. The van der Waals surface area contributed by atoms with Gasteiger partial charge in [0, 0.05) is 11.3 Å². The molecule has 0 bridgehead atoms. The van der Waals surface area contributed by atoms with E-state index < -0.39 is 0 Å². The van der Waals surface area contributed by atoms with E-state index in [2.05, 4.69) is 34.5 Å². The Balaban J connectivity index is 1.64. The Kier molecular flexibility index (Phi) is 6.13. The molecule has 35 heavy (non-hydrogen) atoms. The number of anilines is 1. The van der Waals surface area contributed by atoms with Gasteiger partial charge in [0.25, 0.3) is 5.89 Å². The van der Waals surface area contributed by atoms with Crippen LogP contribution in [0.1, 0.15) is 36.9 Å². The molecule has 2 heterocycles. The standard InChI is InChI=1S/C27H22F2N4OS/c1-3-17-7-9-18(10-8-17)24-23(26-31-25(32-34-26)19-11-13-20(28)14-12-19)16(2)33(27(35)30-24)22-6-4-5-21(29)15-22/h4-15,24H,3H2,1-2H3,(H,30,35). The van der Waals surface area contributed by atoms with Gasteiger partial charge < -0.3 is 9.84 Å². The summed E-state index contributed by atoms with van der Waals surface area (Å²) in [5, 5.41) is 7.93. The fourth-order valence-corrected chi connectivity index (χ4v) is 4.55. The van der Waals surface area contributed by atoms with E-state index >= 15 is 0 Å². The van der Waals surface area contributed by atoms with Crippen LogP contribution < -0.4 is 10.2 Å². The summed E-state index contributed by atoms with van der Waals surface area (Å²) in [5.74, 6) is -0.0794. The molecular weight excluding hydrogens is 466 g/mol. The van der Waals surface area contributed by atoms with E-state index in [1.807, 2.05) is 19.1 Å². The van der Waals surface area contributed by atoms with E-state index in [9.17, 15) is 8.78 Å². The minimum absolute atomic E-state index is 0.294. The lowest BCUT2D eigenvalue weighted by molar-refractivity contribution is 0.404. The van der Waals surface area contributed by atoms with Gasteiger partial charge in [0.2, 0.25) is 5.82 Å². The van der Waals surface area contributed by atoms with Crippen molar-refractivity contribution in [2.45, 2.75) is 26.3 Å². The third-order valence-corrected chi connectivity index (χ3v) is 6.33. The van der Waals surface area contributed by atoms with Gasteiger partial charge >= 0.3 is 0 Å². The maximum absolute atomic E-state index is 14.1. The fourth-order valence-electron chi connectivity index (χ4n) is 4.19. The van der Waals surface area contributed by atoms with Crippen LogP contribution in [0.3, 0.4) is 0 Å². The molecule has 1 atom stereocenters. The monoisotopic (exact) mass is 488 g/mol. The summed E-state index contributed by atoms with van der Waals surface area (Å²) in [5.41, 5.74) is 4.85. The number of thiocarbonyl (C=S) groups is 1. The molecule has 8 heteroatoms. The molecule has 0 fully saturated rings. The molecule has 3 aromatic carbocycles. The van der Waals surface area contributed by atoms with Crippen molar-refractivity contribution in [1.82, 2.24) is 15.5 Å². The largest absolute Gasteiger partial charge is 0.351 e. The lowest BCUT2D eigenvalue weighted by atomic mass is 9.93. The summed E-state index contributed by atoms with van der Waals surface area (Å²) in [4.78, 5) is 6.38. The number of benzene rings is 3. The van der Waals surface area contributed by atoms with Crippen molar-refractivity contribution >= 4 is 28.6 Å². The highest BCUT2D eigenvalue weighted by Crippen LogP contribution is 2.39. The van der Waals surface area contributed by atoms with Crippen molar-refractivity contribution in [3.63, 3.8) is 0 Å². The molecule has 1 aliphatic heterocycles. The Hall–Kier alpha value is -3.91. The van der Waals surface area contributed by atoms with Gasteiger partial charge in [-0.15, -0.1) is 0 Å². The zero-order chi connectivity index (χ0) is 24.5. The highest BCUT2D eigenvalue weighted by atomic mass is 32.1. The number of rotatable bonds is 5. The molecule has 5 rings (SSSR count). The van der Waals surface area contributed by atoms with Crippen LogP contribution in [0.25, 0.3) is 17.0 Å². The van der Waals surface area contributed by atoms with Crippen molar-refractivity contribution in [2.24, 2.45) is 0 Å². The van der Waals surface area contributed by atoms with Crippen LogP contribution in [0.5, 0.6) is 0 Å². The predicted molar refractivity (Wildman–Crippen MR) is 135 cm³/mol. The van der Waals surface area contributed by atoms with Gasteiger partial charge in [-0.3, -0.25) is 4.90 Å². The van der Waals surface area contributed by atoms with Crippen LogP contribution in [-0.4, -0.2) is 15.3 Å². The van der Waals surface area contributed by atoms with E-state index in [1.54, 1.807) is 29.2 Å². The Morgan fingerprint density at radius 1 is 1.00 bits per heavy atom. The first kappa shape index (κ1) is 22.9. The number of aromatic nitrogens is 2. The second-order valence-corrected chi connectivity index (χ2v) is 8.61. The van der Waals surface area contributed by atoms with E-state index in [-0.39, 0.29) is 17.7 Å². The van der Waals surface area contributed by atoms with Crippen molar-refractivity contribution in [3.8, 4) is 11.4 Å². The van der Waals surface area contributed by atoms with Gasteiger partial charge in [0.15, 0.2) is 5.11 Å². The van der Waals surface area contributed by atoms with Gasteiger partial charge in [-0.2, -0.15) is 4.98 Å². The van der Waals surface area contributed by atoms with Crippen molar-refractivity contribution in [3.05, 3.63) is 107 Å². The Morgan fingerprint density at radius 3 is 2.43 bits per heavy atom. The number of aryl methyl sites for hydroxylation is 1. The minimum atomic E-state index is -0.367. The van der Waals surface area contributed by atoms with Crippen molar-refractivity contribution < 1.29 is 13.3 Å². The van der Waals surface area contributed by atoms with E-state index in [4.69, 9.17) is 16.7 Å². The Labute approximate surface area is 207 Å². The number of nitrogens with one attached hydrogen (secondary N) is 1. The molecule has 176 valence electrons. The molecule has 5 nitrogen and oxygen atoms in total. The summed E-state index contributed by atoms with van der Waals surface area (Å²) in [6, 6.07) is 20.0. The molecule has 1 N–H and O–H groups in total. The molecule has 1 aromatic heterocycles. The zero-order valence-electron chi connectivity index (χ0n) is 19.1. The molecular formula is C27H22F2N4OS. The average molecular weight is 489 g/mol. The van der Waals surface area contributed by atoms with Crippen LogP contribution in [0.2, 0.25) is 0 Å². The van der Waals surface area contributed by atoms with Gasteiger partial charge in [0.1, 0.15) is 11.6 Å². The van der Waals surface area contributed by atoms with Crippen LogP contribution in [0, 0.1) is 11.6 Å². The molecule has 0 aliphatic carbocycles. The van der Waals surface area contributed by atoms with Crippen molar-refractivity contribution in [1.29, 1.82) is 0 Å². The van der Waals surface area contributed by atoms with Gasteiger partial charge in [-0.05, 0) is 79.2 Å². The zero-order valence-corrected chi connectivity index (χ0v) is 19.9. The van der Waals surface area contributed by atoms with Crippen LogP contribution >= 0.6 is 12.2 Å². The van der Waals surface area contributed by atoms with E-state index in [1.165, 1.54) is 29.8 Å². The molecule has 0 saturated carbocycles. The smallest absolute Gasteiger partial charge is 0.258 e. The summed E-state index contributed by atoms with van der Waals surface area (Å²) in [6.07, 6.45) is 0.927. The number of hydrogen-bond donors (Lipinski definition) is 1. The van der Waals surface area contributed by atoms with Crippen LogP contribution in [-0.2, 0) is 6.42 Å². The minimum Gasteiger partial charge on any atom is -0.351 e. The second-order valence-electron chi connectivity index (χ2n) is 8.22. The summed E-state index contributed by atoms with van der Waals surface area (Å²) in [7, 11) is 0. The topological polar surface area (TPSA) is 54.2 Å². The van der Waals surface area contributed by atoms with Crippen LogP contribution in [0.15, 0.2) is 83.0 Å². The summed E-state index contributed by atoms with van der Waals surface area (Å²) in [6.45, 7) is 3.99. The number of halogens is 2. The predicted octanol–water partition coefficient (Wildman–Crippen LogP) is 6.44. The maximum Gasteiger partial charge on any atom is 0.258 e.